The summed E-state index contributed by atoms with van der Waals surface area (Å²) in [6.45, 7) is 3.41. The van der Waals surface area contributed by atoms with Gasteiger partial charge in [-0.15, -0.1) is 0 Å². The molecule has 2 heterocycles. The third-order valence-corrected chi connectivity index (χ3v) is 3.55. The number of aryl methyl sites for hydroxylation is 1. The molecule has 1 N–H and O–H groups in total. The summed E-state index contributed by atoms with van der Waals surface area (Å²) in [5.41, 5.74) is 0. The molecule has 0 bridgehead atoms. The maximum atomic E-state index is 4.25. The number of halogens is 1. The third kappa shape index (κ3) is 2.58. The van der Waals surface area contributed by atoms with Crippen LogP contribution in [0.4, 0.5) is 0 Å². The fraction of sp³-hybridized carbons (Fsp3) is 0.700. The van der Waals surface area contributed by atoms with Gasteiger partial charge in [0.05, 0.1) is 6.20 Å². The Labute approximate surface area is 93.0 Å². The molecular weight excluding hydrogens is 242 g/mol. The van der Waals surface area contributed by atoms with Crippen molar-refractivity contribution in [1.29, 1.82) is 0 Å². The molecule has 1 aliphatic heterocycles. The molecule has 3 nitrogen and oxygen atoms in total. The number of rotatable bonds is 3. The van der Waals surface area contributed by atoms with Crippen molar-refractivity contribution in [3.05, 3.63) is 16.9 Å². The predicted molar refractivity (Wildman–Crippen MR) is 60.1 cm³/mol. The minimum absolute atomic E-state index is 0.882. The van der Waals surface area contributed by atoms with Crippen LogP contribution in [0.2, 0.25) is 0 Å². The smallest absolute Gasteiger partial charge is 0.104 e. The highest BCUT2D eigenvalue weighted by Gasteiger charge is 2.13. The summed E-state index contributed by atoms with van der Waals surface area (Å²) in [6, 6.07) is 1.99. The molecule has 1 aliphatic rings. The van der Waals surface area contributed by atoms with Gasteiger partial charge in [-0.2, -0.15) is 5.10 Å². The molecular formula is C10H16BrN3. The standard InChI is InChI=1S/C10H16BrN3/c11-10-3-7-13-14(10)8-4-9-1-5-12-6-2-9/h3,7,9,12H,1-2,4-6,8H2. The predicted octanol–water partition coefficient (Wildman–Crippen LogP) is 2.04. The summed E-state index contributed by atoms with van der Waals surface area (Å²) in [5, 5.41) is 7.64. The second kappa shape index (κ2) is 4.94. The number of hydrogen-bond donors (Lipinski definition) is 1. The highest BCUT2D eigenvalue weighted by atomic mass is 79.9. The molecule has 1 aromatic heterocycles. The molecule has 1 saturated heterocycles. The fourth-order valence-corrected chi connectivity index (χ4v) is 2.34. The van der Waals surface area contributed by atoms with Crippen molar-refractivity contribution in [2.24, 2.45) is 5.92 Å². The Bertz CT molecular complexity index is 279. The van der Waals surface area contributed by atoms with Crippen molar-refractivity contribution in [3.63, 3.8) is 0 Å². The van der Waals surface area contributed by atoms with Gasteiger partial charge in [-0.05, 0) is 60.3 Å². The Hall–Kier alpha value is -0.350. The van der Waals surface area contributed by atoms with Gasteiger partial charge in [0.15, 0.2) is 0 Å². The largest absolute Gasteiger partial charge is 0.317 e. The molecule has 0 radical (unpaired) electrons. The maximum absolute atomic E-state index is 4.25. The van der Waals surface area contributed by atoms with Crippen LogP contribution in [0.5, 0.6) is 0 Å². The van der Waals surface area contributed by atoms with Crippen LogP contribution < -0.4 is 5.32 Å². The van der Waals surface area contributed by atoms with Crippen molar-refractivity contribution in [3.8, 4) is 0 Å². The van der Waals surface area contributed by atoms with Crippen molar-refractivity contribution >= 4 is 15.9 Å². The Morgan fingerprint density at radius 3 is 2.93 bits per heavy atom. The Morgan fingerprint density at radius 1 is 1.50 bits per heavy atom. The molecule has 0 amide bonds. The van der Waals surface area contributed by atoms with E-state index in [4.69, 9.17) is 0 Å². The molecule has 4 heteroatoms. The summed E-state index contributed by atoms with van der Waals surface area (Å²) in [5.74, 6) is 0.882. The van der Waals surface area contributed by atoms with Crippen LogP contribution >= 0.6 is 15.9 Å². The lowest BCUT2D eigenvalue weighted by atomic mass is 9.95. The Balaban J connectivity index is 1.79. The summed E-state index contributed by atoms with van der Waals surface area (Å²) >= 11 is 3.48. The quantitative estimate of drug-likeness (QED) is 0.899. The monoisotopic (exact) mass is 257 g/mol. The molecule has 1 fully saturated rings. The number of piperidine rings is 1. The molecule has 14 heavy (non-hydrogen) atoms. The second-order valence-electron chi connectivity index (χ2n) is 3.86. The number of aromatic nitrogens is 2. The highest BCUT2D eigenvalue weighted by Crippen LogP contribution is 2.18. The molecule has 0 saturated carbocycles. The van der Waals surface area contributed by atoms with E-state index in [2.05, 4.69) is 26.3 Å². The van der Waals surface area contributed by atoms with Crippen LogP contribution in [0.25, 0.3) is 0 Å². The lowest BCUT2D eigenvalue weighted by Crippen LogP contribution is -2.28. The van der Waals surface area contributed by atoms with Gasteiger partial charge in [-0.1, -0.05) is 0 Å². The first-order chi connectivity index (χ1) is 6.86. The second-order valence-corrected chi connectivity index (χ2v) is 4.67. The van der Waals surface area contributed by atoms with Gasteiger partial charge in [0.2, 0.25) is 0 Å². The van der Waals surface area contributed by atoms with Crippen LogP contribution in [0.3, 0.4) is 0 Å². The lowest BCUT2D eigenvalue weighted by Gasteiger charge is -2.22. The van der Waals surface area contributed by atoms with Crippen LogP contribution in [0.15, 0.2) is 16.9 Å². The molecule has 78 valence electrons. The normalized spacial score (nSPS) is 18.6. The average molecular weight is 258 g/mol. The van der Waals surface area contributed by atoms with E-state index in [1.54, 1.807) is 0 Å². The van der Waals surface area contributed by atoms with Gasteiger partial charge >= 0.3 is 0 Å². The van der Waals surface area contributed by atoms with Crippen molar-refractivity contribution in [2.45, 2.75) is 25.8 Å². The first-order valence-electron chi connectivity index (χ1n) is 5.24. The number of nitrogens with one attached hydrogen (secondary N) is 1. The number of nitrogens with zero attached hydrogens (tertiary/aromatic N) is 2. The zero-order valence-electron chi connectivity index (χ0n) is 8.25. The van der Waals surface area contributed by atoms with E-state index >= 15 is 0 Å². The first kappa shape index (κ1) is 10.2. The molecule has 1 aromatic rings. The summed E-state index contributed by atoms with van der Waals surface area (Å²) in [7, 11) is 0. The van der Waals surface area contributed by atoms with Gasteiger partial charge in [-0.3, -0.25) is 4.68 Å². The molecule has 0 spiro atoms. The van der Waals surface area contributed by atoms with Gasteiger partial charge < -0.3 is 5.32 Å². The third-order valence-electron chi connectivity index (χ3n) is 2.87. The van der Waals surface area contributed by atoms with Crippen molar-refractivity contribution in [2.75, 3.05) is 13.1 Å². The van der Waals surface area contributed by atoms with E-state index in [9.17, 15) is 0 Å². The van der Waals surface area contributed by atoms with Crippen LogP contribution in [-0.4, -0.2) is 22.9 Å². The fourth-order valence-electron chi connectivity index (χ4n) is 1.96. The van der Waals surface area contributed by atoms with Gasteiger partial charge in [0.25, 0.3) is 0 Å². The summed E-state index contributed by atoms with van der Waals surface area (Å²) in [4.78, 5) is 0. The number of hydrogen-bond acceptors (Lipinski definition) is 2. The van der Waals surface area contributed by atoms with E-state index in [-0.39, 0.29) is 0 Å². The minimum Gasteiger partial charge on any atom is -0.317 e. The summed E-state index contributed by atoms with van der Waals surface area (Å²) < 4.78 is 3.12. The molecule has 2 rings (SSSR count). The Kier molecular flexibility index (Phi) is 3.59. The van der Waals surface area contributed by atoms with Gasteiger partial charge in [0.1, 0.15) is 4.60 Å². The Morgan fingerprint density at radius 2 is 2.29 bits per heavy atom. The topological polar surface area (TPSA) is 29.9 Å². The minimum atomic E-state index is 0.882. The lowest BCUT2D eigenvalue weighted by molar-refractivity contribution is 0.331. The highest BCUT2D eigenvalue weighted by molar-refractivity contribution is 9.10. The van der Waals surface area contributed by atoms with E-state index < -0.39 is 0 Å². The average Bonchev–Trinajstić information content (AvgIpc) is 2.63. The van der Waals surface area contributed by atoms with Crippen LogP contribution in [0.1, 0.15) is 19.3 Å². The first-order valence-corrected chi connectivity index (χ1v) is 6.03. The van der Waals surface area contributed by atoms with E-state index in [1.807, 2.05) is 16.9 Å². The summed E-state index contributed by atoms with van der Waals surface area (Å²) in [6.07, 6.45) is 5.73. The SMILES string of the molecule is Brc1ccnn1CCC1CCNCC1. The molecule has 0 aliphatic carbocycles. The zero-order valence-corrected chi connectivity index (χ0v) is 9.83. The maximum Gasteiger partial charge on any atom is 0.104 e. The molecule has 0 unspecified atom stereocenters. The molecule has 0 aromatic carbocycles. The van der Waals surface area contributed by atoms with Crippen LogP contribution in [0, 0.1) is 5.92 Å². The van der Waals surface area contributed by atoms with Crippen molar-refractivity contribution < 1.29 is 0 Å². The van der Waals surface area contributed by atoms with Crippen molar-refractivity contribution in [1.82, 2.24) is 15.1 Å². The van der Waals surface area contributed by atoms with Crippen LogP contribution in [-0.2, 0) is 6.54 Å². The van der Waals surface area contributed by atoms with E-state index in [0.717, 1.165) is 17.1 Å². The zero-order chi connectivity index (χ0) is 9.80. The van der Waals surface area contributed by atoms with E-state index in [1.165, 1.54) is 32.4 Å². The van der Waals surface area contributed by atoms with Gasteiger partial charge in [-0.25, -0.2) is 0 Å². The van der Waals surface area contributed by atoms with Gasteiger partial charge in [0, 0.05) is 6.54 Å². The molecule has 0 atom stereocenters. The van der Waals surface area contributed by atoms with E-state index in [0.29, 0.717) is 0 Å².